The minimum absolute atomic E-state index is 0.555. The van der Waals surface area contributed by atoms with E-state index in [9.17, 15) is 0 Å². The molecule has 1 aromatic heterocycles. The molecular formula is C57H36N2O2. The molecule has 1 aliphatic carbocycles. The van der Waals surface area contributed by atoms with Crippen LogP contribution in [-0.4, -0.2) is 9.97 Å². The Morgan fingerprint density at radius 3 is 1.74 bits per heavy atom. The smallest absolute Gasteiger partial charge is 0.178 e. The molecule has 0 radical (unpaired) electrons. The van der Waals surface area contributed by atoms with Crippen molar-refractivity contribution in [1.82, 2.24) is 9.97 Å². The molecule has 0 spiro atoms. The molecule has 2 aliphatic rings. The van der Waals surface area contributed by atoms with Crippen molar-refractivity contribution in [3.05, 3.63) is 241 Å². The molecule has 2 heterocycles. The Balaban J connectivity index is 0.993. The molecule has 0 amide bonds. The van der Waals surface area contributed by atoms with Gasteiger partial charge in [-0.1, -0.05) is 188 Å². The van der Waals surface area contributed by atoms with Crippen LogP contribution in [0.3, 0.4) is 0 Å². The SMILES string of the molecule is c1ccc(-c2cc(-c3ccc4ccccc4c3)nc(-c3cccc(-c4cccc5c4Oc4c(ccc6c4-c4ccccc4C6(c4ccccc4)c4ccccc4)O5)c3)n2)cc1. The van der Waals surface area contributed by atoms with Crippen LogP contribution in [0.15, 0.2) is 218 Å². The minimum atomic E-state index is -0.555. The zero-order chi connectivity index (χ0) is 40.3. The Hall–Kier alpha value is -8.08. The first-order chi connectivity index (χ1) is 30.2. The van der Waals surface area contributed by atoms with Crippen molar-refractivity contribution in [2.75, 3.05) is 0 Å². The number of nitrogens with zero attached hydrogens (tertiary/aromatic N) is 2. The largest absolute Gasteiger partial charge is 0.449 e. The van der Waals surface area contributed by atoms with Gasteiger partial charge in [0.05, 0.1) is 16.8 Å². The Morgan fingerprint density at radius 1 is 0.344 bits per heavy atom. The highest BCUT2D eigenvalue weighted by Gasteiger charge is 2.48. The van der Waals surface area contributed by atoms with Gasteiger partial charge in [0, 0.05) is 27.8 Å². The summed E-state index contributed by atoms with van der Waals surface area (Å²) in [5, 5.41) is 2.36. The van der Waals surface area contributed by atoms with E-state index in [0.717, 1.165) is 55.9 Å². The van der Waals surface area contributed by atoms with Crippen molar-refractivity contribution in [1.29, 1.82) is 0 Å². The average Bonchev–Trinajstić information content (AvgIpc) is 3.65. The van der Waals surface area contributed by atoms with Crippen molar-refractivity contribution >= 4 is 10.8 Å². The number of aromatic nitrogens is 2. The van der Waals surface area contributed by atoms with E-state index in [-0.39, 0.29) is 0 Å². The van der Waals surface area contributed by atoms with E-state index in [1.807, 2.05) is 30.3 Å². The van der Waals surface area contributed by atoms with Gasteiger partial charge in [-0.25, -0.2) is 9.97 Å². The van der Waals surface area contributed by atoms with Gasteiger partial charge in [0.25, 0.3) is 0 Å². The lowest BCUT2D eigenvalue weighted by molar-refractivity contribution is 0.361. The molecule has 9 aromatic carbocycles. The zero-order valence-corrected chi connectivity index (χ0v) is 33.0. The van der Waals surface area contributed by atoms with Crippen LogP contribution in [0, 0.1) is 0 Å². The molecule has 0 saturated carbocycles. The Kier molecular flexibility index (Phi) is 8.04. The van der Waals surface area contributed by atoms with E-state index in [1.165, 1.54) is 27.5 Å². The molecule has 61 heavy (non-hydrogen) atoms. The highest BCUT2D eigenvalue weighted by atomic mass is 16.6. The molecule has 0 bridgehead atoms. The summed E-state index contributed by atoms with van der Waals surface area (Å²) in [7, 11) is 0. The Morgan fingerprint density at radius 2 is 0.951 bits per heavy atom. The molecular weight excluding hydrogens is 745 g/mol. The summed E-state index contributed by atoms with van der Waals surface area (Å²) in [4.78, 5) is 10.4. The van der Waals surface area contributed by atoms with E-state index in [4.69, 9.17) is 19.4 Å². The second kappa shape index (κ2) is 14.0. The summed E-state index contributed by atoms with van der Waals surface area (Å²) in [5.74, 6) is 3.39. The van der Waals surface area contributed by atoms with Gasteiger partial charge < -0.3 is 9.47 Å². The van der Waals surface area contributed by atoms with Gasteiger partial charge in [-0.2, -0.15) is 0 Å². The van der Waals surface area contributed by atoms with E-state index in [2.05, 4.69) is 188 Å². The van der Waals surface area contributed by atoms with Crippen LogP contribution in [0.1, 0.15) is 22.3 Å². The first kappa shape index (κ1) is 34.9. The van der Waals surface area contributed by atoms with E-state index in [0.29, 0.717) is 28.8 Å². The first-order valence-corrected chi connectivity index (χ1v) is 20.6. The van der Waals surface area contributed by atoms with Gasteiger partial charge in [0.1, 0.15) is 0 Å². The second-order valence-corrected chi connectivity index (χ2v) is 15.7. The fourth-order valence-electron chi connectivity index (χ4n) is 9.47. The van der Waals surface area contributed by atoms with Crippen LogP contribution in [0.2, 0.25) is 0 Å². The van der Waals surface area contributed by atoms with Crippen LogP contribution in [-0.2, 0) is 5.41 Å². The molecule has 0 saturated heterocycles. The van der Waals surface area contributed by atoms with Crippen molar-refractivity contribution in [3.63, 3.8) is 0 Å². The normalized spacial score (nSPS) is 13.0. The van der Waals surface area contributed by atoms with Crippen molar-refractivity contribution in [2.24, 2.45) is 0 Å². The van der Waals surface area contributed by atoms with E-state index < -0.39 is 5.41 Å². The number of rotatable bonds is 6. The molecule has 0 atom stereocenters. The molecule has 0 unspecified atom stereocenters. The predicted octanol–water partition coefficient (Wildman–Crippen LogP) is 14.6. The van der Waals surface area contributed by atoms with Crippen LogP contribution < -0.4 is 9.47 Å². The molecule has 4 nitrogen and oxygen atoms in total. The lowest BCUT2D eigenvalue weighted by Crippen LogP contribution is -2.28. The summed E-state index contributed by atoms with van der Waals surface area (Å²) < 4.78 is 14.0. The third-order valence-corrected chi connectivity index (χ3v) is 12.2. The summed E-state index contributed by atoms with van der Waals surface area (Å²) in [6.07, 6.45) is 0. The third-order valence-electron chi connectivity index (χ3n) is 12.2. The predicted molar refractivity (Wildman–Crippen MR) is 245 cm³/mol. The molecule has 286 valence electrons. The van der Waals surface area contributed by atoms with Crippen LogP contribution in [0.25, 0.3) is 66.9 Å². The van der Waals surface area contributed by atoms with E-state index >= 15 is 0 Å². The summed E-state index contributed by atoms with van der Waals surface area (Å²) in [6.45, 7) is 0. The number of hydrogen-bond donors (Lipinski definition) is 0. The lowest BCUT2D eigenvalue weighted by Gasteiger charge is -2.34. The maximum Gasteiger partial charge on any atom is 0.178 e. The average molecular weight is 781 g/mol. The maximum atomic E-state index is 7.21. The van der Waals surface area contributed by atoms with Crippen molar-refractivity contribution in [2.45, 2.75) is 5.41 Å². The van der Waals surface area contributed by atoms with Crippen molar-refractivity contribution in [3.8, 4) is 79.2 Å². The molecule has 1 aliphatic heterocycles. The van der Waals surface area contributed by atoms with Crippen molar-refractivity contribution < 1.29 is 9.47 Å². The number of ether oxygens (including phenoxy) is 2. The monoisotopic (exact) mass is 780 g/mol. The number of para-hydroxylation sites is 1. The Labute approximate surface area is 354 Å². The topological polar surface area (TPSA) is 44.2 Å². The molecule has 4 heteroatoms. The van der Waals surface area contributed by atoms with Gasteiger partial charge in [-0.3, -0.25) is 0 Å². The van der Waals surface area contributed by atoms with Crippen LogP contribution in [0.5, 0.6) is 23.0 Å². The molecule has 0 N–H and O–H groups in total. The van der Waals surface area contributed by atoms with E-state index in [1.54, 1.807) is 0 Å². The van der Waals surface area contributed by atoms with Gasteiger partial charge in [0.15, 0.2) is 28.8 Å². The maximum absolute atomic E-state index is 7.21. The summed E-state index contributed by atoms with van der Waals surface area (Å²) >= 11 is 0. The summed E-state index contributed by atoms with van der Waals surface area (Å²) in [5.41, 5.74) is 13.0. The minimum Gasteiger partial charge on any atom is -0.449 e. The third kappa shape index (κ3) is 5.61. The highest BCUT2D eigenvalue weighted by Crippen LogP contribution is 2.62. The standard InChI is InChI=1S/C57H36N2O2/c1-4-17-38(18-5-1)49-36-50(41-31-30-37-16-10-11-19-39(37)34-41)59-56(58-49)42-21-14-20-40(35-42)45-27-15-29-51-54(45)61-55-52(60-51)33-32-48-53(55)46-26-12-13-28-47(46)57(48,43-22-6-2-7-23-43)44-24-8-3-9-25-44/h1-36H. The van der Waals surface area contributed by atoms with Crippen LogP contribution in [0.4, 0.5) is 0 Å². The van der Waals surface area contributed by atoms with Crippen LogP contribution >= 0.6 is 0 Å². The van der Waals surface area contributed by atoms with Gasteiger partial charge in [0.2, 0.25) is 0 Å². The first-order valence-electron chi connectivity index (χ1n) is 20.6. The second-order valence-electron chi connectivity index (χ2n) is 15.7. The number of hydrogen-bond acceptors (Lipinski definition) is 4. The van der Waals surface area contributed by atoms with Gasteiger partial charge in [-0.05, 0) is 74.5 Å². The van der Waals surface area contributed by atoms with Gasteiger partial charge in [-0.15, -0.1) is 0 Å². The van der Waals surface area contributed by atoms with Gasteiger partial charge >= 0.3 is 0 Å². The fourth-order valence-corrected chi connectivity index (χ4v) is 9.47. The quantitative estimate of drug-likeness (QED) is 0.169. The Bertz CT molecular complexity index is 3270. The zero-order valence-electron chi connectivity index (χ0n) is 33.0. The molecule has 0 fully saturated rings. The number of benzene rings is 9. The molecule has 10 aromatic rings. The fraction of sp³-hybridized carbons (Fsp3) is 0.0175. The number of fused-ring (bicyclic) bond motifs is 7. The molecule has 12 rings (SSSR count). The summed E-state index contributed by atoms with van der Waals surface area (Å²) in [6, 6.07) is 76.5. The lowest BCUT2D eigenvalue weighted by atomic mass is 9.68. The highest BCUT2D eigenvalue weighted by molar-refractivity contribution is 5.93.